The van der Waals surface area contributed by atoms with E-state index in [2.05, 4.69) is 23.6 Å². The third-order valence-electron chi connectivity index (χ3n) is 4.58. The molecule has 0 aliphatic carbocycles. The molecule has 0 spiro atoms. The van der Waals surface area contributed by atoms with E-state index in [4.69, 9.17) is 0 Å². The van der Waals surface area contributed by atoms with Crippen LogP contribution in [0.1, 0.15) is 46.0 Å². The maximum absolute atomic E-state index is 11.4. The fourth-order valence-electron chi connectivity index (χ4n) is 3.68. The summed E-state index contributed by atoms with van der Waals surface area (Å²) in [6.45, 7) is 10.1. The molecule has 18 heavy (non-hydrogen) atoms. The first-order valence-corrected chi connectivity index (χ1v) is 7.59. The molecule has 3 nitrogen and oxygen atoms in total. The summed E-state index contributed by atoms with van der Waals surface area (Å²) in [6, 6.07) is 0.755. The third-order valence-corrected chi connectivity index (χ3v) is 4.58. The Morgan fingerprint density at radius 3 is 2.78 bits per heavy atom. The standard InChI is InChI=1S/C15H28N2O/c1-3-7-15(2,13-18)12-16-8-5-10-17-9-4-6-14(17)11-16/h13-14H,3-12H2,1-2H3. The van der Waals surface area contributed by atoms with Crippen LogP contribution in [0.4, 0.5) is 0 Å². The monoisotopic (exact) mass is 252 g/mol. The van der Waals surface area contributed by atoms with Gasteiger partial charge in [0, 0.05) is 24.5 Å². The van der Waals surface area contributed by atoms with Crippen molar-refractivity contribution in [3.63, 3.8) is 0 Å². The lowest BCUT2D eigenvalue weighted by atomic mass is 9.86. The molecule has 0 aromatic rings. The van der Waals surface area contributed by atoms with Gasteiger partial charge in [-0.2, -0.15) is 0 Å². The number of rotatable bonds is 5. The molecule has 2 rings (SSSR count). The molecule has 0 saturated carbocycles. The lowest BCUT2D eigenvalue weighted by Gasteiger charge is -2.32. The van der Waals surface area contributed by atoms with Crippen molar-refractivity contribution in [2.45, 2.75) is 52.0 Å². The normalized spacial score (nSPS) is 29.6. The summed E-state index contributed by atoms with van der Waals surface area (Å²) in [4.78, 5) is 16.6. The SMILES string of the molecule is CCCC(C)(C=O)CN1CCCN2CCCC2C1. The van der Waals surface area contributed by atoms with Gasteiger partial charge in [0.05, 0.1) is 0 Å². The summed E-state index contributed by atoms with van der Waals surface area (Å²) < 4.78 is 0. The second-order valence-electron chi connectivity index (χ2n) is 6.44. The minimum Gasteiger partial charge on any atom is -0.303 e. The van der Waals surface area contributed by atoms with Crippen LogP contribution in [0.25, 0.3) is 0 Å². The van der Waals surface area contributed by atoms with Crippen LogP contribution in [-0.2, 0) is 4.79 Å². The molecule has 0 aromatic carbocycles. The second kappa shape index (κ2) is 6.16. The number of aldehydes is 1. The number of nitrogens with zero attached hydrogens (tertiary/aromatic N) is 2. The Hall–Kier alpha value is -0.410. The van der Waals surface area contributed by atoms with Crippen LogP contribution in [0, 0.1) is 5.41 Å². The Morgan fingerprint density at radius 1 is 1.28 bits per heavy atom. The van der Waals surface area contributed by atoms with Gasteiger partial charge in [0.2, 0.25) is 0 Å². The van der Waals surface area contributed by atoms with Gasteiger partial charge in [0.15, 0.2) is 0 Å². The van der Waals surface area contributed by atoms with Gasteiger partial charge in [-0.3, -0.25) is 4.90 Å². The molecule has 0 N–H and O–H groups in total. The van der Waals surface area contributed by atoms with Crippen molar-refractivity contribution >= 4 is 6.29 Å². The zero-order chi connectivity index (χ0) is 13.0. The van der Waals surface area contributed by atoms with Crippen LogP contribution in [0.3, 0.4) is 0 Å². The molecular formula is C15H28N2O. The van der Waals surface area contributed by atoms with E-state index in [-0.39, 0.29) is 5.41 Å². The van der Waals surface area contributed by atoms with Crippen LogP contribution >= 0.6 is 0 Å². The highest BCUT2D eigenvalue weighted by atomic mass is 16.1. The van der Waals surface area contributed by atoms with Crippen LogP contribution < -0.4 is 0 Å². The fraction of sp³-hybridized carbons (Fsp3) is 0.933. The Morgan fingerprint density at radius 2 is 2.06 bits per heavy atom. The second-order valence-corrected chi connectivity index (χ2v) is 6.44. The van der Waals surface area contributed by atoms with Crippen molar-refractivity contribution in [1.82, 2.24) is 9.80 Å². The van der Waals surface area contributed by atoms with Crippen molar-refractivity contribution in [3.05, 3.63) is 0 Å². The zero-order valence-electron chi connectivity index (χ0n) is 12.0. The average molecular weight is 252 g/mol. The van der Waals surface area contributed by atoms with Gasteiger partial charge in [-0.05, 0) is 45.3 Å². The average Bonchev–Trinajstić information content (AvgIpc) is 2.69. The predicted octanol–water partition coefficient (Wildman–Crippen LogP) is 2.16. The van der Waals surface area contributed by atoms with E-state index in [0.717, 1.165) is 25.4 Å². The van der Waals surface area contributed by atoms with Gasteiger partial charge in [-0.25, -0.2) is 0 Å². The zero-order valence-corrected chi connectivity index (χ0v) is 12.0. The van der Waals surface area contributed by atoms with Gasteiger partial charge >= 0.3 is 0 Å². The molecule has 2 heterocycles. The fourth-order valence-corrected chi connectivity index (χ4v) is 3.68. The summed E-state index contributed by atoms with van der Waals surface area (Å²) in [6.07, 6.45) is 7.27. The molecule has 3 heteroatoms. The van der Waals surface area contributed by atoms with Crippen molar-refractivity contribution in [2.75, 3.05) is 32.7 Å². The van der Waals surface area contributed by atoms with E-state index < -0.39 is 0 Å². The Bertz CT molecular complexity index is 282. The first-order chi connectivity index (χ1) is 8.67. The van der Waals surface area contributed by atoms with Crippen molar-refractivity contribution in [2.24, 2.45) is 5.41 Å². The molecule has 0 radical (unpaired) electrons. The van der Waals surface area contributed by atoms with Crippen LogP contribution in [0.5, 0.6) is 0 Å². The molecule has 2 aliphatic heterocycles. The first kappa shape index (κ1) is 14.0. The van der Waals surface area contributed by atoms with Crippen LogP contribution in [0.15, 0.2) is 0 Å². The molecular weight excluding hydrogens is 224 g/mol. The van der Waals surface area contributed by atoms with E-state index in [1.54, 1.807) is 0 Å². The van der Waals surface area contributed by atoms with E-state index in [9.17, 15) is 4.79 Å². The largest absolute Gasteiger partial charge is 0.303 e. The van der Waals surface area contributed by atoms with E-state index in [0.29, 0.717) is 0 Å². The van der Waals surface area contributed by atoms with Gasteiger partial charge in [0.1, 0.15) is 6.29 Å². The number of hydrogen-bond donors (Lipinski definition) is 0. The van der Waals surface area contributed by atoms with Crippen molar-refractivity contribution < 1.29 is 4.79 Å². The Balaban J connectivity index is 1.93. The quantitative estimate of drug-likeness (QED) is 0.701. The molecule has 2 atom stereocenters. The highest BCUT2D eigenvalue weighted by molar-refractivity contribution is 5.59. The number of fused-ring (bicyclic) bond motifs is 1. The van der Waals surface area contributed by atoms with Crippen molar-refractivity contribution in [1.29, 1.82) is 0 Å². The van der Waals surface area contributed by atoms with Crippen molar-refractivity contribution in [3.8, 4) is 0 Å². The summed E-state index contributed by atoms with van der Waals surface area (Å²) in [7, 11) is 0. The molecule has 2 fully saturated rings. The van der Waals surface area contributed by atoms with Gasteiger partial charge in [-0.1, -0.05) is 20.3 Å². The number of hydrogen-bond acceptors (Lipinski definition) is 3. The van der Waals surface area contributed by atoms with Gasteiger partial charge in [-0.15, -0.1) is 0 Å². The summed E-state index contributed by atoms with van der Waals surface area (Å²) >= 11 is 0. The molecule has 104 valence electrons. The molecule has 2 aliphatic rings. The smallest absolute Gasteiger partial charge is 0.127 e. The molecule has 0 amide bonds. The molecule has 0 aromatic heterocycles. The molecule has 0 bridgehead atoms. The maximum atomic E-state index is 11.4. The molecule has 2 unspecified atom stereocenters. The Kier molecular flexibility index (Phi) is 4.79. The van der Waals surface area contributed by atoms with Gasteiger partial charge in [0.25, 0.3) is 0 Å². The van der Waals surface area contributed by atoms with E-state index in [1.807, 2.05) is 0 Å². The van der Waals surface area contributed by atoms with Gasteiger partial charge < -0.3 is 9.69 Å². The highest BCUT2D eigenvalue weighted by Crippen LogP contribution is 2.26. The molecule has 2 saturated heterocycles. The lowest BCUT2D eigenvalue weighted by Crippen LogP contribution is -2.42. The first-order valence-electron chi connectivity index (χ1n) is 7.59. The van der Waals surface area contributed by atoms with E-state index in [1.165, 1.54) is 51.7 Å². The van der Waals surface area contributed by atoms with Crippen LogP contribution in [0.2, 0.25) is 0 Å². The predicted molar refractivity (Wildman–Crippen MR) is 74.7 cm³/mol. The number of carbonyl (C=O) groups is 1. The summed E-state index contributed by atoms with van der Waals surface area (Å²) in [5.41, 5.74) is -0.136. The minimum atomic E-state index is -0.136. The lowest BCUT2D eigenvalue weighted by molar-refractivity contribution is -0.116. The minimum absolute atomic E-state index is 0.136. The summed E-state index contributed by atoms with van der Waals surface area (Å²) in [5, 5.41) is 0. The summed E-state index contributed by atoms with van der Waals surface area (Å²) in [5.74, 6) is 0. The number of carbonyl (C=O) groups excluding carboxylic acids is 1. The third kappa shape index (κ3) is 3.33. The topological polar surface area (TPSA) is 23.6 Å². The van der Waals surface area contributed by atoms with Crippen LogP contribution in [-0.4, -0.2) is 54.9 Å². The highest BCUT2D eigenvalue weighted by Gasteiger charge is 2.32. The maximum Gasteiger partial charge on any atom is 0.127 e. The van der Waals surface area contributed by atoms with E-state index >= 15 is 0 Å². The Labute approximate surface area is 112 Å².